The third kappa shape index (κ3) is 7.16. The Bertz CT molecular complexity index is 1570. The lowest BCUT2D eigenvalue weighted by Gasteiger charge is -2.28. The Balaban J connectivity index is 1.41. The largest absolute Gasteiger partial charge is 0.389 e. The molecule has 43 heavy (non-hydrogen) atoms. The van der Waals surface area contributed by atoms with Crippen LogP contribution in [-0.4, -0.2) is 64.4 Å². The van der Waals surface area contributed by atoms with Crippen LogP contribution in [0.25, 0.3) is 0 Å². The monoisotopic (exact) mass is 600 g/mol. The molecule has 2 amide bonds. The molecule has 2 atom stereocenters. The normalized spacial score (nSPS) is 18.8. The molecule has 5 rings (SSSR count). The zero-order valence-electron chi connectivity index (χ0n) is 23.2. The molecule has 0 bridgehead atoms. The van der Waals surface area contributed by atoms with Crippen molar-refractivity contribution in [2.75, 3.05) is 23.7 Å². The van der Waals surface area contributed by atoms with Crippen LogP contribution in [0.3, 0.4) is 0 Å². The Morgan fingerprint density at radius 2 is 0.953 bits per heavy atom. The van der Waals surface area contributed by atoms with Gasteiger partial charge in [-0.2, -0.15) is 17.0 Å². The van der Waals surface area contributed by atoms with Crippen LogP contribution in [0.5, 0.6) is 0 Å². The van der Waals surface area contributed by atoms with Gasteiger partial charge in [0.2, 0.25) is 0 Å². The van der Waals surface area contributed by atoms with Crippen LogP contribution in [0.1, 0.15) is 31.8 Å². The minimum absolute atomic E-state index is 0.225. The molecule has 11 heteroatoms. The Morgan fingerprint density at radius 1 is 0.605 bits per heavy atom. The van der Waals surface area contributed by atoms with Crippen LogP contribution in [-0.2, 0) is 23.3 Å². The van der Waals surface area contributed by atoms with Crippen LogP contribution < -0.4 is 10.6 Å². The van der Waals surface area contributed by atoms with Crippen LogP contribution in [0.4, 0.5) is 11.4 Å². The smallest absolute Gasteiger partial charge is 0.282 e. The van der Waals surface area contributed by atoms with Crippen molar-refractivity contribution in [2.45, 2.75) is 25.3 Å². The minimum atomic E-state index is -4.28. The van der Waals surface area contributed by atoms with E-state index < -0.39 is 34.2 Å². The van der Waals surface area contributed by atoms with Gasteiger partial charge in [0.05, 0.1) is 12.2 Å². The number of carbonyl (C=O) groups is 2. The Hall–Kier alpha value is -4.39. The summed E-state index contributed by atoms with van der Waals surface area (Å²) < 4.78 is 30.1. The first-order chi connectivity index (χ1) is 20.7. The molecule has 10 nitrogen and oxygen atoms in total. The maximum Gasteiger partial charge on any atom is 0.282 e. The molecule has 4 aromatic carbocycles. The van der Waals surface area contributed by atoms with Gasteiger partial charge >= 0.3 is 0 Å². The van der Waals surface area contributed by atoms with E-state index >= 15 is 0 Å². The highest BCUT2D eigenvalue weighted by Crippen LogP contribution is 2.25. The quantitative estimate of drug-likeness (QED) is 0.244. The number of nitrogens with zero attached hydrogens (tertiary/aromatic N) is 2. The lowest BCUT2D eigenvalue weighted by Crippen LogP contribution is -2.43. The molecule has 1 fully saturated rings. The number of rotatable bonds is 8. The topological polar surface area (TPSA) is 139 Å². The molecule has 4 N–H and O–H groups in total. The van der Waals surface area contributed by atoms with E-state index in [1.165, 1.54) is 0 Å². The Kier molecular flexibility index (Phi) is 9.29. The molecule has 4 aromatic rings. The average Bonchev–Trinajstić information content (AvgIpc) is 3.08. The van der Waals surface area contributed by atoms with Crippen LogP contribution in [0.15, 0.2) is 109 Å². The number of hydrogen-bond acceptors (Lipinski definition) is 6. The number of para-hydroxylation sites is 2. The summed E-state index contributed by atoms with van der Waals surface area (Å²) in [6.07, 6.45) is -2.75. The molecule has 1 saturated heterocycles. The second kappa shape index (κ2) is 13.3. The molecular weight excluding hydrogens is 568 g/mol. The van der Waals surface area contributed by atoms with Gasteiger partial charge in [-0.1, -0.05) is 72.8 Å². The van der Waals surface area contributed by atoms with Gasteiger partial charge in [0.15, 0.2) is 0 Å². The van der Waals surface area contributed by atoms with Crippen molar-refractivity contribution in [2.24, 2.45) is 0 Å². The van der Waals surface area contributed by atoms with Crippen molar-refractivity contribution in [3.8, 4) is 0 Å². The van der Waals surface area contributed by atoms with Crippen LogP contribution >= 0.6 is 0 Å². The summed E-state index contributed by atoms with van der Waals surface area (Å²) in [6, 6.07) is 31.0. The first-order valence-electron chi connectivity index (χ1n) is 13.7. The fourth-order valence-corrected chi connectivity index (χ4v) is 6.50. The summed E-state index contributed by atoms with van der Waals surface area (Å²) >= 11 is 0. The van der Waals surface area contributed by atoms with Gasteiger partial charge < -0.3 is 20.8 Å². The minimum Gasteiger partial charge on any atom is -0.389 e. The van der Waals surface area contributed by atoms with Crippen molar-refractivity contribution in [1.29, 1.82) is 0 Å². The number of β-amino-alcohol motifs (C(OH)–C–C–N with tert-alkyl or cyclic N) is 2. The third-order valence-corrected chi connectivity index (χ3v) is 9.02. The number of carbonyl (C=O) groups excluding carboxylic acids is 2. The number of amides is 2. The van der Waals surface area contributed by atoms with Crippen molar-refractivity contribution in [3.63, 3.8) is 0 Å². The molecule has 0 spiro atoms. The summed E-state index contributed by atoms with van der Waals surface area (Å²) in [5.74, 6) is -0.824. The fraction of sp³-hybridized carbons (Fsp3) is 0.188. The van der Waals surface area contributed by atoms with E-state index in [4.69, 9.17) is 0 Å². The average molecular weight is 601 g/mol. The summed E-state index contributed by atoms with van der Waals surface area (Å²) in [4.78, 5) is 26.3. The lowest BCUT2D eigenvalue weighted by atomic mass is 10.1. The van der Waals surface area contributed by atoms with E-state index in [1.807, 2.05) is 12.1 Å². The van der Waals surface area contributed by atoms with Crippen molar-refractivity contribution < 1.29 is 28.2 Å². The van der Waals surface area contributed by atoms with E-state index in [-0.39, 0.29) is 37.3 Å². The van der Waals surface area contributed by atoms with Gasteiger partial charge in [0.25, 0.3) is 22.0 Å². The molecule has 1 aliphatic heterocycles. The Morgan fingerprint density at radius 3 is 1.35 bits per heavy atom. The number of aliphatic hydroxyl groups is 2. The summed E-state index contributed by atoms with van der Waals surface area (Å²) in [5, 5.41) is 27.0. The van der Waals surface area contributed by atoms with Crippen molar-refractivity contribution in [1.82, 2.24) is 8.61 Å². The maximum atomic E-state index is 14.0. The van der Waals surface area contributed by atoms with Crippen LogP contribution in [0.2, 0.25) is 0 Å². The number of anilines is 2. The zero-order chi connectivity index (χ0) is 30.4. The molecular formula is C32H32N4O6S. The Labute approximate surface area is 250 Å². The second-order valence-electron chi connectivity index (χ2n) is 10.2. The number of hydrogen-bond donors (Lipinski definition) is 4. The summed E-state index contributed by atoms with van der Waals surface area (Å²) in [7, 11) is -4.28. The van der Waals surface area contributed by atoms with E-state index in [9.17, 15) is 28.2 Å². The van der Waals surface area contributed by atoms with Crippen molar-refractivity contribution >= 4 is 33.4 Å². The van der Waals surface area contributed by atoms with Crippen LogP contribution in [0, 0.1) is 0 Å². The van der Waals surface area contributed by atoms with E-state index in [0.29, 0.717) is 22.5 Å². The predicted octanol–water partition coefficient (Wildman–Crippen LogP) is 3.48. The first-order valence-corrected chi connectivity index (χ1v) is 15.1. The highest BCUT2D eigenvalue weighted by Gasteiger charge is 2.39. The summed E-state index contributed by atoms with van der Waals surface area (Å²) in [5.41, 5.74) is 2.57. The van der Waals surface area contributed by atoms with Gasteiger partial charge in [-0.15, -0.1) is 0 Å². The van der Waals surface area contributed by atoms with Crippen molar-refractivity contribution in [3.05, 3.63) is 131 Å². The highest BCUT2D eigenvalue weighted by atomic mass is 32.2. The molecule has 1 aliphatic rings. The van der Waals surface area contributed by atoms with Gasteiger partial charge in [-0.05, 0) is 47.5 Å². The molecule has 0 aliphatic carbocycles. The lowest BCUT2D eigenvalue weighted by molar-refractivity contribution is 0.00886. The molecule has 222 valence electrons. The second-order valence-corrected chi connectivity index (χ2v) is 12.1. The third-order valence-electron chi connectivity index (χ3n) is 7.16. The molecule has 0 unspecified atom stereocenters. The molecule has 0 radical (unpaired) electrons. The molecule has 0 saturated carbocycles. The number of benzene rings is 4. The summed E-state index contributed by atoms with van der Waals surface area (Å²) in [6.45, 7) is -1.22. The van der Waals surface area contributed by atoms with Gasteiger partial charge in [0.1, 0.15) is 0 Å². The molecule has 1 heterocycles. The number of nitrogens with one attached hydrogen (secondary N) is 2. The predicted molar refractivity (Wildman–Crippen MR) is 163 cm³/mol. The zero-order valence-corrected chi connectivity index (χ0v) is 24.0. The van der Waals surface area contributed by atoms with E-state index in [1.54, 1.807) is 97.1 Å². The highest BCUT2D eigenvalue weighted by molar-refractivity contribution is 7.86. The van der Waals surface area contributed by atoms with Gasteiger partial charge in [-0.25, -0.2) is 0 Å². The molecule has 0 aromatic heterocycles. The van der Waals surface area contributed by atoms with E-state index in [0.717, 1.165) is 8.61 Å². The standard InChI is InChI=1S/C32H32N4O6S/c37-29-21-35(19-23-11-7-9-17-27(23)31(39)33-25-13-3-1-4-14-25)43(41,42)36(22-30(29)38)20-24-12-8-10-18-28(24)32(40)34-26-15-5-2-6-16-26/h1-18,29-30,37-38H,19-22H2,(H,33,39)(H,34,40)/t29-,30-/m0/s1. The number of aliphatic hydroxyl groups excluding tert-OH is 2. The first kappa shape index (κ1) is 30.1. The van der Waals surface area contributed by atoms with E-state index in [2.05, 4.69) is 10.6 Å². The fourth-order valence-electron chi connectivity index (χ4n) is 4.88. The SMILES string of the molecule is O=C(Nc1ccccc1)c1ccccc1CN1C[C@H](O)[C@@H](O)CN(Cc2ccccc2C(=O)Nc2ccccc2)S1(=O)=O. The van der Waals surface area contributed by atoms with Gasteiger partial charge in [-0.3, -0.25) is 9.59 Å². The maximum absolute atomic E-state index is 14.0. The van der Waals surface area contributed by atoms with Gasteiger partial charge in [0, 0.05) is 48.7 Å².